The topological polar surface area (TPSA) is 58.3 Å². The van der Waals surface area contributed by atoms with E-state index in [1.165, 1.54) is 0 Å². The quantitative estimate of drug-likeness (QED) is 0.517. The molecule has 1 aliphatic heterocycles. The van der Waals surface area contributed by atoms with E-state index in [0.717, 1.165) is 25.9 Å². The summed E-state index contributed by atoms with van der Waals surface area (Å²) in [4.78, 5) is 0. The van der Waals surface area contributed by atoms with Gasteiger partial charge in [-0.2, -0.15) is 0 Å². The van der Waals surface area contributed by atoms with Gasteiger partial charge in [-0.25, -0.2) is 0 Å². The molecule has 0 aromatic heterocycles. The summed E-state index contributed by atoms with van der Waals surface area (Å²) in [5.41, 5.74) is 5.60. The van der Waals surface area contributed by atoms with Crippen LogP contribution in [0.4, 0.5) is 0 Å². The number of nitrogens with one attached hydrogen (secondary N) is 1. The Kier molecular flexibility index (Phi) is 3.30. The summed E-state index contributed by atoms with van der Waals surface area (Å²) < 4.78 is 0. The Balaban J connectivity index is 2.32. The van der Waals surface area contributed by atoms with Crippen molar-refractivity contribution in [2.45, 2.75) is 31.9 Å². The molecular weight excluding hydrogens is 140 g/mol. The summed E-state index contributed by atoms with van der Waals surface area (Å²) in [5, 5.41) is 12.9. The molecule has 0 bridgehead atoms. The monoisotopic (exact) mass is 158 g/mol. The fourth-order valence-electron chi connectivity index (χ4n) is 1.62. The predicted molar refractivity (Wildman–Crippen MR) is 45.2 cm³/mol. The Morgan fingerprint density at radius 3 is 2.45 bits per heavy atom. The molecule has 66 valence electrons. The highest BCUT2D eigenvalue weighted by molar-refractivity contribution is 4.79. The lowest BCUT2D eigenvalue weighted by Crippen LogP contribution is -2.42. The molecule has 0 aromatic rings. The van der Waals surface area contributed by atoms with Crippen molar-refractivity contribution in [1.82, 2.24) is 5.32 Å². The fraction of sp³-hybridized carbons (Fsp3) is 1.00. The molecular formula is C8H18N2O. The van der Waals surface area contributed by atoms with E-state index >= 15 is 0 Å². The second kappa shape index (κ2) is 4.04. The summed E-state index contributed by atoms with van der Waals surface area (Å²) >= 11 is 0. The lowest BCUT2D eigenvalue weighted by atomic mass is 9.89. The molecule has 3 nitrogen and oxygen atoms in total. The van der Waals surface area contributed by atoms with Gasteiger partial charge in [0.05, 0.1) is 6.10 Å². The maximum Gasteiger partial charge on any atom is 0.0717 e. The van der Waals surface area contributed by atoms with Crippen LogP contribution in [0.5, 0.6) is 0 Å². The lowest BCUT2D eigenvalue weighted by Gasteiger charge is -2.29. The lowest BCUT2D eigenvalue weighted by molar-refractivity contribution is 0.0706. The van der Waals surface area contributed by atoms with Gasteiger partial charge < -0.3 is 16.2 Å². The van der Waals surface area contributed by atoms with Crippen molar-refractivity contribution in [3.05, 3.63) is 0 Å². The molecule has 0 amide bonds. The van der Waals surface area contributed by atoms with E-state index in [1.54, 1.807) is 0 Å². The smallest absolute Gasteiger partial charge is 0.0717 e. The molecule has 0 aliphatic carbocycles. The standard InChI is InChI=1S/C8H18N2O/c1-6(9)8(11)7-2-4-10-5-3-7/h6-8,10-11H,2-5,9H2,1H3. The van der Waals surface area contributed by atoms with Crippen LogP contribution in [0.15, 0.2) is 0 Å². The van der Waals surface area contributed by atoms with Crippen LogP contribution in [0.3, 0.4) is 0 Å². The first-order valence-corrected chi connectivity index (χ1v) is 4.36. The molecule has 0 spiro atoms. The molecule has 1 aliphatic rings. The number of hydrogen-bond donors (Lipinski definition) is 3. The van der Waals surface area contributed by atoms with Crippen LogP contribution < -0.4 is 11.1 Å². The minimum atomic E-state index is -0.308. The first kappa shape index (κ1) is 8.97. The summed E-state index contributed by atoms with van der Waals surface area (Å²) in [7, 11) is 0. The van der Waals surface area contributed by atoms with Crippen LogP contribution in [0.1, 0.15) is 19.8 Å². The number of aliphatic hydroxyl groups is 1. The van der Waals surface area contributed by atoms with Crippen LogP contribution in [-0.2, 0) is 0 Å². The number of nitrogens with two attached hydrogens (primary N) is 1. The predicted octanol–water partition coefficient (Wildman–Crippen LogP) is -0.306. The molecule has 0 radical (unpaired) electrons. The summed E-state index contributed by atoms with van der Waals surface area (Å²) in [6.45, 7) is 3.91. The van der Waals surface area contributed by atoms with Gasteiger partial charge in [0.2, 0.25) is 0 Å². The van der Waals surface area contributed by atoms with E-state index in [1.807, 2.05) is 6.92 Å². The molecule has 1 rings (SSSR count). The van der Waals surface area contributed by atoms with E-state index in [4.69, 9.17) is 5.73 Å². The second-order valence-electron chi connectivity index (χ2n) is 3.44. The molecule has 3 heteroatoms. The number of aliphatic hydroxyl groups excluding tert-OH is 1. The van der Waals surface area contributed by atoms with Gasteiger partial charge in [0.1, 0.15) is 0 Å². The second-order valence-corrected chi connectivity index (χ2v) is 3.44. The average Bonchev–Trinajstić information content (AvgIpc) is 2.05. The molecule has 2 atom stereocenters. The Labute approximate surface area is 68.0 Å². The van der Waals surface area contributed by atoms with Crippen LogP contribution >= 0.6 is 0 Å². The van der Waals surface area contributed by atoms with Gasteiger partial charge in [-0.05, 0) is 38.8 Å². The van der Waals surface area contributed by atoms with Crippen molar-refractivity contribution in [2.24, 2.45) is 11.7 Å². The minimum absolute atomic E-state index is 0.0851. The maximum atomic E-state index is 9.60. The van der Waals surface area contributed by atoms with Gasteiger partial charge in [0.15, 0.2) is 0 Å². The van der Waals surface area contributed by atoms with E-state index in [-0.39, 0.29) is 12.1 Å². The summed E-state index contributed by atoms with van der Waals surface area (Å²) in [5.74, 6) is 0.413. The van der Waals surface area contributed by atoms with Crippen molar-refractivity contribution in [3.63, 3.8) is 0 Å². The molecule has 0 aromatic carbocycles. The summed E-state index contributed by atoms with van der Waals surface area (Å²) in [6.07, 6.45) is 1.81. The normalized spacial score (nSPS) is 26.5. The van der Waals surface area contributed by atoms with Gasteiger partial charge in [-0.3, -0.25) is 0 Å². The Morgan fingerprint density at radius 2 is 2.00 bits per heavy atom. The van der Waals surface area contributed by atoms with Crippen LogP contribution in [-0.4, -0.2) is 30.3 Å². The van der Waals surface area contributed by atoms with Crippen molar-refractivity contribution >= 4 is 0 Å². The zero-order valence-corrected chi connectivity index (χ0v) is 7.09. The molecule has 1 heterocycles. The molecule has 4 N–H and O–H groups in total. The Morgan fingerprint density at radius 1 is 1.45 bits per heavy atom. The van der Waals surface area contributed by atoms with Gasteiger partial charge in [0.25, 0.3) is 0 Å². The molecule has 1 fully saturated rings. The third-order valence-corrected chi connectivity index (χ3v) is 2.41. The van der Waals surface area contributed by atoms with Crippen molar-refractivity contribution in [2.75, 3.05) is 13.1 Å². The molecule has 0 saturated carbocycles. The Bertz CT molecular complexity index is 111. The number of rotatable bonds is 2. The van der Waals surface area contributed by atoms with Crippen LogP contribution in [0.25, 0.3) is 0 Å². The third kappa shape index (κ3) is 2.43. The van der Waals surface area contributed by atoms with Gasteiger partial charge >= 0.3 is 0 Å². The van der Waals surface area contributed by atoms with Gasteiger partial charge in [-0.15, -0.1) is 0 Å². The molecule has 11 heavy (non-hydrogen) atoms. The average molecular weight is 158 g/mol. The Hall–Kier alpha value is -0.120. The maximum absolute atomic E-state index is 9.60. The fourth-order valence-corrected chi connectivity index (χ4v) is 1.62. The largest absolute Gasteiger partial charge is 0.391 e. The van der Waals surface area contributed by atoms with Crippen molar-refractivity contribution < 1.29 is 5.11 Å². The van der Waals surface area contributed by atoms with Gasteiger partial charge in [0, 0.05) is 6.04 Å². The highest BCUT2D eigenvalue weighted by Gasteiger charge is 2.23. The third-order valence-electron chi connectivity index (χ3n) is 2.41. The van der Waals surface area contributed by atoms with Crippen LogP contribution in [0.2, 0.25) is 0 Å². The van der Waals surface area contributed by atoms with Gasteiger partial charge in [-0.1, -0.05) is 0 Å². The first-order valence-electron chi connectivity index (χ1n) is 4.36. The van der Waals surface area contributed by atoms with Crippen molar-refractivity contribution in [1.29, 1.82) is 0 Å². The highest BCUT2D eigenvalue weighted by Crippen LogP contribution is 2.17. The first-order chi connectivity index (χ1) is 5.22. The van der Waals surface area contributed by atoms with E-state index in [2.05, 4.69) is 5.32 Å². The SMILES string of the molecule is CC(N)C(O)C1CCNCC1. The molecule has 1 saturated heterocycles. The highest BCUT2D eigenvalue weighted by atomic mass is 16.3. The van der Waals surface area contributed by atoms with Crippen molar-refractivity contribution in [3.8, 4) is 0 Å². The van der Waals surface area contributed by atoms with E-state index in [9.17, 15) is 5.11 Å². The summed E-state index contributed by atoms with van der Waals surface area (Å²) in [6, 6.07) is -0.0851. The zero-order chi connectivity index (χ0) is 8.27. The zero-order valence-electron chi connectivity index (χ0n) is 7.09. The van der Waals surface area contributed by atoms with E-state index < -0.39 is 0 Å². The number of hydrogen-bond acceptors (Lipinski definition) is 3. The number of piperidine rings is 1. The van der Waals surface area contributed by atoms with Crippen LogP contribution in [0, 0.1) is 5.92 Å². The van der Waals surface area contributed by atoms with E-state index in [0.29, 0.717) is 5.92 Å². The molecule has 2 unspecified atom stereocenters. The minimum Gasteiger partial charge on any atom is -0.391 e.